The van der Waals surface area contributed by atoms with Crippen molar-refractivity contribution < 1.29 is 14.3 Å². The Balaban J connectivity index is 1.57. The number of esters is 1. The first-order valence-electron chi connectivity index (χ1n) is 7.90. The third kappa shape index (κ3) is 4.54. The van der Waals surface area contributed by atoms with E-state index in [9.17, 15) is 9.59 Å². The van der Waals surface area contributed by atoms with E-state index < -0.39 is 11.9 Å². The lowest BCUT2D eigenvalue weighted by atomic mass is 10.0. The van der Waals surface area contributed by atoms with Gasteiger partial charge >= 0.3 is 5.97 Å². The molecule has 0 aliphatic heterocycles. The monoisotopic (exact) mass is 387 g/mol. The van der Waals surface area contributed by atoms with Gasteiger partial charge in [-0.05, 0) is 34.5 Å². The normalized spacial score (nSPS) is 10.5. The van der Waals surface area contributed by atoms with Gasteiger partial charge in [0.2, 0.25) is 0 Å². The highest BCUT2D eigenvalue weighted by Gasteiger charge is 2.12. The molecule has 0 fully saturated rings. The van der Waals surface area contributed by atoms with E-state index in [0.29, 0.717) is 15.7 Å². The molecular formula is C20H15Cl2NO3. The minimum atomic E-state index is -0.473. The summed E-state index contributed by atoms with van der Waals surface area (Å²) < 4.78 is 5.07. The van der Waals surface area contributed by atoms with Crippen LogP contribution in [0.5, 0.6) is 0 Å². The van der Waals surface area contributed by atoms with E-state index in [2.05, 4.69) is 5.32 Å². The Bertz CT molecular complexity index is 967. The maximum atomic E-state index is 12.1. The zero-order valence-corrected chi connectivity index (χ0v) is 15.2. The third-order valence-electron chi connectivity index (χ3n) is 3.78. The smallest absolute Gasteiger partial charge is 0.310 e. The van der Waals surface area contributed by atoms with Gasteiger partial charge in [0.1, 0.15) is 0 Å². The molecule has 0 saturated heterocycles. The van der Waals surface area contributed by atoms with Gasteiger partial charge in [-0.2, -0.15) is 0 Å². The van der Waals surface area contributed by atoms with Crippen LogP contribution in [-0.2, 0) is 20.7 Å². The van der Waals surface area contributed by atoms with E-state index in [-0.39, 0.29) is 13.0 Å². The maximum Gasteiger partial charge on any atom is 0.310 e. The number of fused-ring (bicyclic) bond motifs is 1. The molecule has 0 heterocycles. The van der Waals surface area contributed by atoms with Gasteiger partial charge < -0.3 is 10.1 Å². The number of nitrogens with one attached hydrogen (secondary N) is 1. The number of ether oxygens (including phenoxy) is 1. The molecule has 4 nitrogen and oxygen atoms in total. The summed E-state index contributed by atoms with van der Waals surface area (Å²) in [5, 5.41) is 5.40. The van der Waals surface area contributed by atoms with Gasteiger partial charge in [0.25, 0.3) is 5.91 Å². The SMILES string of the molecule is O=C(COC(=O)Cc1cccc2ccccc12)Nc1ccc(Cl)cc1Cl. The molecule has 0 radical (unpaired) electrons. The van der Waals surface area contributed by atoms with Crippen molar-refractivity contribution in [3.8, 4) is 0 Å². The average Bonchev–Trinajstić information content (AvgIpc) is 2.63. The molecule has 0 aromatic heterocycles. The highest BCUT2D eigenvalue weighted by atomic mass is 35.5. The van der Waals surface area contributed by atoms with Crippen molar-refractivity contribution in [1.29, 1.82) is 0 Å². The van der Waals surface area contributed by atoms with Crippen LogP contribution in [0.4, 0.5) is 5.69 Å². The molecule has 6 heteroatoms. The zero-order valence-electron chi connectivity index (χ0n) is 13.7. The fraction of sp³-hybridized carbons (Fsp3) is 0.100. The number of carbonyl (C=O) groups is 2. The number of hydrogen-bond acceptors (Lipinski definition) is 3. The minimum Gasteiger partial charge on any atom is -0.455 e. The van der Waals surface area contributed by atoms with E-state index in [1.165, 1.54) is 6.07 Å². The van der Waals surface area contributed by atoms with Gasteiger partial charge in [0, 0.05) is 5.02 Å². The molecule has 1 amide bonds. The Labute approximate surface area is 160 Å². The fourth-order valence-corrected chi connectivity index (χ4v) is 3.03. The number of halogens is 2. The molecule has 0 saturated carbocycles. The van der Waals surface area contributed by atoms with Gasteiger partial charge in [-0.1, -0.05) is 65.7 Å². The van der Waals surface area contributed by atoms with Crippen LogP contribution in [0.15, 0.2) is 60.7 Å². The van der Waals surface area contributed by atoms with Crippen molar-refractivity contribution in [2.45, 2.75) is 6.42 Å². The van der Waals surface area contributed by atoms with Crippen molar-refractivity contribution in [1.82, 2.24) is 0 Å². The van der Waals surface area contributed by atoms with E-state index in [1.807, 2.05) is 42.5 Å². The molecule has 3 aromatic rings. The minimum absolute atomic E-state index is 0.0936. The van der Waals surface area contributed by atoms with Crippen LogP contribution in [0.1, 0.15) is 5.56 Å². The number of hydrogen-bond donors (Lipinski definition) is 1. The summed E-state index contributed by atoms with van der Waals surface area (Å²) in [5.41, 5.74) is 1.26. The standard InChI is InChI=1S/C20H15Cl2NO3/c21-15-8-9-18(17(22)11-15)23-19(24)12-26-20(25)10-14-6-3-5-13-4-1-2-7-16(13)14/h1-9,11H,10,12H2,(H,23,24). The molecule has 3 aromatic carbocycles. The second kappa shape index (κ2) is 8.21. The predicted octanol–water partition coefficient (Wildman–Crippen LogP) is 4.87. The van der Waals surface area contributed by atoms with Crippen LogP contribution >= 0.6 is 23.2 Å². The van der Waals surface area contributed by atoms with Gasteiger partial charge in [-0.3, -0.25) is 9.59 Å². The van der Waals surface area contributed by atoms with Gasteiger partial charge in [0.05, 0.1) is 17.1 Å². The van der Waals surface area contributed by atoms with Crippen LogP contribution in [-0.4, -0.2) is 18.5 Å². The summed E-state index contributed by atoms with van der Waals surface area (Å²) in [4.78, 5) is 24.0. The number of benzene rings is 3. The molecule has 132 valence electrons. The molecule has 0 aliphatic rings. The van der Waals surface area contributed by atoms with E-state index in [0.717, 1.165) is 16.3 Å². The van der Waals surface area contributed by atoms with Crippen molar-refractivity contribution in [3.05, 3.63) is 76.3 Å². The molecule has 3 rings (SSSR count). The Morgan fingerprint density at radius 2 is 1.73 bits per heavy atom. The molecular weight excluding hydrogens is 373 g/mol. The summed E-state index contributed by atoms with van der Waals surface area (Å²) in [7, 11) is 0. The second-order valence-corrected chi connectivity index (χ2v) is 6.49. The first kappa shape index (κ1) is 18.2. The lowest BCUT2D eigenvalue weighted by molar-refractivity contribution is -0.146. The Hall–Kier alpha value is -2.56. The number of anilines is 1. The summed E-state index contributed by atoms with van der Waals surface area (Å²) in [5.74, 6) is -0.945. The van der Waals surface area contributed by atoms with Crippen LogP contribution in [0.2, 0.25) is 10.0 Å². The third-order valence-corrected chi connectivity index (χ3v) is 4.33. The van der Waals surface area contributed by atoms with Crippen LogP contribution in [0.25, 0.3) is 10.8 Å². The highest BCUT2D eigenvalue weighted by molar-refractivity contribution is 6.36. The molecule has 0 bridgehead atoms. The van der Waals surface area contributed by atoms with Gasteiger partial charge in [0.15, 0.2) is 6.61 Å². The first-order valence-corrected chi connectivity index (χ1v) is 8.66. The predicted molar refractivity (Wildman–Crippen MR) is 104 cm³/mol. The van der Waals surface area contributed by atoms with Gasteiger partial charge in [-0.15, -0.1) is 0 Å². The van der Waals surface area contributed by atoms with Crippen LogP contribution < -0.4 is 5.32 Å². The summed E-state index contributed by atoms with van der Waals surface area (Å²) >= 11 is 11.8. The molecule has 0 spiro atoms. The van der Waals surface area contributed by atoms with E-state index >= 15 is 0 Å². The second-order valence-electron chi connectivity index (χ2n) is 5.65. The number of amides is 1. The van der Waals surface area contributed by atoms with Crippen molar-refractivity contribution in [2.75, 3.05) is 11.9 Å². The molecule has 0 aliphatic carbocycles. The maximum absolute atomic E-state index is 12.1. The van der Waals surface area contributed by atoms with Crippen molar-refractivity contribution >= 4 is 51.5 Å². The molecule has 1 N–H and O–H groups in total. The zero-order chi connectivity index (χ0) is 18.5. The topological polar surface area (TPSA) is 55.4 Å². The lowest BCUT2D eigenvalue weighted by Crippen LogP contribution is -2.21. The average molecular weight is 388 g/mol. The largest absolute Gasteiger partial charge is 0.455 e. The molecule has 26 heavy (non-hydrogen) atoms. The fourth-order valence-electron chi connectivity index (χ4n) is 2.58. The van der Waals surface area contributed by atoms with Gasteiger partial charge in [-0.25, -0.2) is 0 Å². The quantitative estimate of drug-likeness (QED) is 0.635. The lowest BCUT2D eigenvalue weighted by Gasteiger charge is -2.09. The molecule has 0 unspecified atom stereocenters. The van der Waals surface area contributed by atoms with E-state index in [1.54, 1.807) is 12.1 Å². The van der Waals surface area contributed by atoms with Crippen LogP contribution in [0.3, 0.4) is 0 Å². The summed E-state index contributed by atoms with van der Waals surface area (Å²) in [6.07, 6.45) is 0.0936. The van der Waals surface area contributed by atoms with E-state index in [4.69, 9.17) is 27.9 Å². The number of rotatable bonds is 5. The Kier molecular flexibility index (Phi) is 5.76. The van der Waals surface area contributed by atoms with Crippen LogP contribution in [0, 0.1) is 0 Å². The summed E-state index contributed by atoms with van der Waals surface area (Å²) in [6.45, 7) is -0.386. The van der Waals surface area contributed by atoms with Crippen molar-refractivity contribution in [2.24, 2.45) is 0 Å². The Morgan fingerprint density at radius 3 is 2.54 bits per heavy atom. The highest BCUT2D eigenvalue weighted by Crippen LogP contribution is 2.25. The molecule has 0 atom stereocenters. The van der Waals surface area contributed by atoms with Crippen molar-refractivity contribution in [3.63, 3.8) is 0 Å². The Morgan fingerprint density at radius 1 is 0.962 bits per heavy atom. The summed E-state index contributed by atoms with van der Waals surface area (Å²) in [6, 6.07) is 18.2. The first-order chi connectivity index (χ1) is 12.5. The number of carbonyl (C=O) groups excluding carboxylic acids is 2.